The molecular formula is C17H35IN4O. The Labute approximate surface area is 159 Å². The van der Waals surface area contributed by atoms with Crippen LogP contribution in [-0.2, 0) is 4.74 Å². The van der Waals surface area contributed by atoms with Crippen molar-refractivity contribution in [3.05, 3.63) is 0 Å². The lowest BCUT2D eigenvalue weighted by atomic mass is 9.87. The molecule has 2 fully saturated rings. The van der Waals surface area contributed by atoms with E-state index in [1.165, 1.54) is 25.7 Å². The fraction of sp³-hybridized carbons (Fsp3) is 0.941. The quantitative estimate of drug-likeness (QED) is 0.402. The molecule has 1 aliphatic carbocycles. The van der Waals surface area contributed by atoms with E-state index in [9.17, 15) is 0 Å². The van der Waals surface area contributed by atoms with Gasteiger partial charge in [0.05, 0.1) is 13.2 Å². The summed E-state index contributed by atoms with van der Waals surface area (Å²) in [5, 5.41) is 7.09. The summed E-state index contributed by atoms with van der Waals surface area (Å²) in [6.45, 7) is 10.5. The number of hydrogen-bond donors (Lipinski definition) is 2. The SMILES string of the molecule is CN=C(NCC(C)N1CCOCC1C)NC1CCC(C)CC1.I. The molecule has 6 heteroatoms. The minimum absolute atomic E-state index is 0. The molecule has 0 aromatic carbocycles. The van der Waals surface area contributed by atoms with Gasteiger partial charge in [0.25, 0.3) is 0 Å². The van der Waals surface area contributed by atoms with Crippen molar-refractivity contribution in [2.75, 3.05) is 33.4 Å². The van der Waals surface area contributed by atoms with Gasteiger partial charge in [-0.05, 0) is 45.4 Å². The van der Waals surface area contributed by atoms with E-state index in [2.05, 4.69) is 41.3 Å². The van der Waals surface area contributed by atoms with Gasteiger partial charge in [-0.2, -0.15) is 0 Å². The summed E-state index contributed by atoms with van der Waals surface area (Å²) in [6, 6.07) is 1.57. The summed E-state index contributed by atoms with van der Waals surface area (Å²) in [5.74, 6) is 1.84. The van der Waals surface area contributed by atoms with Gasteiger partial charge < -0.3 is 15.4 Å². The highest BCUT2D eigenvalue weighted by molar-refractivity contribution is 14.0. The highest BCUT2D eigenvalue weighted by atomic mass is 127. The number of hydrogen-bond acceptors (Lipinski definition) is 3. The van der Waals surface area contributed by atoms with Crippen LogP contribution in [0.25, 0.3) is 0 Å². The normalized spacial score (nSPS) is 31.1. The molecule has 2 aliphatic rings. The van der Waals surface area contributed by atoms with Crippen LogP contribution in [0.2, 0.25) is 0 Å². The average Bonchev–Trinajstić information content (AvgIpc) is 2.53. The Morgan fingerprint density at radius 1 is 1.26 bits per heavy atom. The first-order chi connectivity index (χ1) is 10.6. The molecule has 5 nitrogen and oxygen atoms in total. The van der Waals surface area contributed by atoms with Crippen molar-refractivity contribution in [2.24, 2.45) is 10.9 Å². The Balaban J connectivity index is 0.00000264. The molecule has 0 radical (unpaired) electrons. The molecular weight excluding hydrogens is 403 g/mol. The second-order valence-corrected chi connectivity index (χ2v) is 7.07. The van der Waals surface area contributed by atoms with Crippen LogP contribution in [-0.4, -0.2) is 62.3 Å². The Bertz CT molecular complexity index is 359. The smallest absolute Gasteiger partial charge is 0.191 e. The third-order valence-corrected chi connectivity index (χ3v) is 5.13. The number of rotatable bonds is 4. The summed E-state index contributed by atoms with van der Waals surface area (Å²) in [4.78, 5) is 6.91. The first kappa shape index (κ1) is 21.0. The third-order valence-electron chi connectivity index (χ3n) is 5.13. The lowest BCUT2D eigenvalue weighted by molar-refractivity contribution is -0.0174. The van der Waals surface area contributed by atoms with Crippen molar-refractivity contribution in [3.63, 3.8) is 0 Å². The Morgan fingerprint density at radius 3 is 2.57 bits per heavy atom. The second-order valence-electron chi connectivity index (χ2n) is 7.07. The van der Waals surface area contributed by atoms with Crippen LogP contribution in [0.3, 0.4) is 0 Å². The van der Waals surface area contributed by atoms with Crippen LogP contribution in [0.4, 0.5) is 0 Å². The minimum Gasteiger partial charge on any atom is -0.379 e. The number of guanidine groups is 1. The van der Waals surface area contributed by atoms with Crippen molar-refractivity contribution < 1.29 is 4.74 Å². The largest absolute Gasteiger partial charge is 0.379 e. The van der Waals surface area contributed by atoms with E-state index < -0.39 is 0 Å². The molecule has 2 rings (SSSR count). The molecule has 0 spiro atoms. The summed E-state index contributed by atoms with van der Waals surface area (Å²) >= 11 is 0. The lowest BCUT2D eigenvalue weighted by Crippen LogP contribution is -2.53. The van der Waals surface area contributed by atoms with E-state index in [0.29, 0.717) is 18.1 Å². The molecule has 23 heavy (non-hydrogen) atoms. The molecule has 2 unspecified atom stereocenters. The Morgan fingerprint density at radius 2 is 1.96 bits per heavy atom. The van der Waals surface area contributed by atoms with Crippen molar-refractivity contribution >= 4 is 29.9 Å². The molecule has 1 saturated heterocycles. The average molecular weight is 438 g/mol. The molecule has 2 N–H and O–H groups in total. The second kappa shape index (κ2) is 10.7. The first-order valence-electron chi connectivity index (χ1n) is 8.90. The molecule has 0 aromatic heterocycles. The zero-order valence-electron chi connectivity index (χ0n) is 15.2. The maximum Gasteiger partial charge on any atom is 0.191 e. The zero-order chi connectivity index (χ0) is 15.9. The number of aliphatic imine (C=N–C) groups is 1. The lowest BCUT2D eigenvalue weighted by Gasteiger charge is -2.38. The molecule has 0 amide bonds. The van der Waals surface area contributed by atoms with Gasteiger partial charge in [-0.1, -0.05) is 6.92 Å². The van der Waals surface area contributed by atoms with Gasteiger partial charge in [-0.25, -0.2) is 0 Å². The van der Waals surface area contributed by atoms with Crippen molar-refractivity contribution in [2.45, 2.75) is 64.6 Å². The molecule has 0 bridgehead atoms. The van der Waals surface area contributed by atoms with Gasteiger partial charge in [-0.3, -0.25) is 9.89 Å². The first-order valence-corrected chi connectivity index (χ1v) is 8.90. The van der Waals surface area contributed by atoms with Crippen LogP contribution < -0.4 is 10.6 Å². The summed E-state index contributed by atoms with van der Waals surface area (Å²) < 4.78 is 5.52. The summed E-state index contributed by atoms with van der Waals surface area (Å²) in [6.07, 6.45) is 5.18. The van der Waals surface area contributed by atoms with Crippen LogP contribution in [0.15, 0.2) is 4.99 Å². The molecule has 1 saturated carbocycles. The predicted molar refractivity (Wildman–Crippen MR) is 108 cm³/mol. The predicted octanol–water partition coefficient (Wildman–Crippen LogP) is 2.46. The highest BCUT2D eigenvalue weighted by Gasteiger charge is 2.24. The van der Waals surface area contributed by atoms with E-state index in [4.69, 9.17) is 4.74 Å². The number of morpholine rings is 1. The number of ether oxygens (including phenoxy) is 1. The van der Waals surface area contributed by atoms with E-state index in [1.54, 1.807) is 0 Å². The van der Waals surface area contributed by atoms with E-state index in [1.807, 2.05) is 7.05 Å². The van der Waals surface area contributed by atoms with Gasteiger partial charge in [0, 0.05) is 38.3 Å². The van der Waals surface area contributed by atoms with Crippen molar-refractivity contribution in [1.29, 1.82) is 0 Å². The van der Waals surface area contributed by atoms with Gasteiger partial charge in [-0.15, -0.1) is 24.0 Å². The van der Waals surface area contributed by atoms with Crippen LogP contribution in [0.1, 0.15) is 46.5 Å². The topological polar surface area (TPSA) is 48.9 Å². The van der Waals surface area contributed by atoms with Gasteiger partial charge in [0.15, 0.2) is 5.96 Å². The third kappa shape index (κ3) is 6.74. The van der Waals surface area contributed by atoms with Crippen LogP contribution in [0.5, 0.6) is 0 Å². The van der Waals surface area contributed by atoms with Gasteiger partial charge >= 0.3 is 0 Å². The summed E-state index contributed by atoms with van der Waals surface area (Å²) in [5.41, 5.74) is 0. The van der Waals surface area contributed by atoms with E-state index >= 15 is 0 Å². The maximum absolute atomic E-state index is 5.52. The molecule has 2 atom stereocenters. The molecule has 1 aliphatic heterocycles. The highest BCUT2D eigenvalue weighted by Crippen LogP contribution is 2.23. The van der Waals surface area contributed by atoms with Gasteiger partial charge in [0.2, 0.25) is 0 Å². The van der Waals surface area contributed by atoms with E-state index in [-0.39, 0.29) is 24.0 Å². The zero-order valence-corrected chi connectivity index (χ0v) is 17.5. The van der Waals surface area contributed by atoms with Crippen molar-refractivity contribution in [1.82, 2.24) is 15.5 Å². The van der Waals surface area contributed by atoms with Crippen LogP contribution in [0, 0.1) is 5.92 Å². The number of nitrogens with zero attached hydrogens (tertiary/aromatic N) is 2. The minimum atomic E-state index is 0. The molecule has 1 heterocycles. The maximum atomic E-state index is 5.52. The Hall–Kier alpha value is -0.0800. The fourth-order valence-electron chi connectivity index (χ4n) is 3.55. The molecule has 0 aromatic rings. The standard InChI is InChI=1S/C17H34N4O.HI/c1-13-5-7-16(8-6-13)20-17(18-4)19-11-14(2)21-9-10-22-12-15(21)3;/h13-16H,5-12H2,1-4H3,(H2,18,19,20);1H. The monoisotopic (exact) mass is 438 g/mol. The summed E-state index contributed by atoms with van der Waals surface area (Å²) in [7, 11) is 1.86. The van der Waals surface area contributed by atoms with E-state index in [0.717, 1.165) is 38.2 Å². The van der Waals surface area contributed by atoms with Crippen molar-refractivity contribution in [3.8, 4) is 0 Å². The Kier molecular flexibility index (Phi) is 9.77. The molecule has 136 valence electrons. The number of halogens is 1. The fourth-order valence-corrected chi connectivity index (χ4v) is 3.55. The van der Waals surface area contributed by atoms with Crippen LogP contribution >= 0.6 is 24.0 Å². The number of nitrogens with one attached hydrogen (secondary N) is 2. The van der Waals surface area contributed by atoms with Gasteiger partial charge in [0.1, 0.15) is 0 Å².